The Balaban J connectivity index is 1.62. The molecule has 2 atom stereocenters. The van der Waals surface area contributed by atoms with Gasteiger partial charge in [-0.3, -0.25) is 14.5 Å². The fourth-order valence-corrected chi connectivity index (χ4v) is 3.71. The van der Waals surface area contributed by atoms with E-state index in [1.807, 2.05) is 30.3 Å². The molecule has 7 nitrogen and oxygen atoms in total. The molecule has 2 heterocycles. The van der Waals surface area contributed by atoms with Crippen molar-refractivity contribution in [2.24, 2.45) is 0 Å². The minimum absolute atomic E-state index is 0.146. The van der Waals surface area contributed by atoms with Crippen molar-refractivity contribution in [3.63, 3.8) is 0 Å². The van der Waals surface area contributed by atoms with E-state index in [1.54, 1.807) is 11.9 Å². The van der Waals surface area contributed by atoms with Crippen LogP contribution in [0.5, 0.6) is 0 Å². The van der Waals surface area contributed by atoms with E-state index in [2.05, 4.69) is 5.32 Å². The van der Waals surface area contributed by atoms with Crippen LogP contribution in [0.3, 0.4) is 0 Å². The third-order valence-corrected chi connectivity index (χ3v) is 5.06. The Hall–Kier alpha value is -2.57. The SMILES string of the molecule is CNC(=O)[C@@H]1CCCN1C(=O)[C@@H]1CCCN1C(=O)OCc1ccccc1. The van der Waals surface area contributed by atoms with Gasteiger partial charge in [-0.1, -0.05) is 30.3 Å². The molecule has 1 aromatic rings. The fraction of sp³-hybridized carbons (Fsp3) is 0.526. The van der Waals surface area contributed by atoms with E-state index in [1.165, 1.54) is 4.90 Å². The molecule has 2 aliphatic rings. The number of benzene rings is 1. The highest BCUT2D eigenvalue weighted by Crippen LogP contribution is 2.25. The Morgan fingerprint density at radius 3 is 2.38 bits per heavy atom. The van der Waals surface area contributed by atoms with Crippen molar-refractivity contribution in [2.45, 2.75) is 44.4 Å². The van der Waals surface area contributed by atoms with Crippen molar-refractivity contribution < 1.29 is 19.1 Å². The molecule has 1 N–H and O–H groups in total. The van der Waals surface area contributed by atoms with Crippen molar-refractivity contribution in [1.29, 1.82) is 0 Å². The van der Waals surface area contributed by atoms with Crippen LogP contribution in [0, 0.1) is 0 Å². The second-order valence-corrected chi connectivity index (χ2v) is 6.70. The lowest BCUT2D eigenvalue weighted by Gasteiger charge is -2.30. The molecule has 140 valence electrons. The minimum atomic E-state index is -0.538. The van der Waals surface area contributed by atoms with Gasteiger partial charge in [0.2, 0.25) is 11.8 Å². The van der Waals surface area contributed by atoms with Crippen LogP contribution in [0.15, 0.2) is 30.3 Å². The van der Waals surface area contributed by atoms with Crippen LogP contribution in [0.1, 0.15) is 31.2 Å². The lowest BCUT2D eigenvalue weighted by Crippen LogP contribution is -2.52. The Kier molecular flexibility index (Phi) is 5.75. The number of ether oxygens (including phenoxy) is 1. The van der Waals surface area contributed by atoms with Crippen molar-refractivity contribution >= 4 is 17.9 Å². The first kappa shape index (κ1) is 18.2. The summed E-state index contributed by atoms with van der Waals surface area (Å²) in [5, 5.41) is 2.62. The van der Waals surface area contributed by atoms with Crippen LogP contribution in [-0.2, 0) is 20.9 Å². The summed E-state index contributed by atoms with van der Waals surface area (Å²) < 4.78 is 5.39. The maximum Gasteiger partial charge on any atom is 0.410 e. The Labute approximate surface area is 153 Å². The molecule has 0 radical (unpaired) electrons. The number of hydrogen-bond acceptors (Lipinski definition) is 4. The van der Waals surface area contributed by atoms with Crippen LogP contribution in [-0.4, -0.2) is 59.9 Å². The van der Waals surface area contributed by atoms with Gasteiger partial charge in [-0.15, -0.1) is 0 Å². The molecule has 0 spiro atoms. The van der Waals surface area contributed by atoms with Gasteiger partial charge in [-0.05, 0) is 31.2 Å². The number of nitrogens with one attached hydrogen (secondary N) is 1. The number of carbonyl (C=O) groups excluding carboxylic acids is 3. The second-order valence-electron chi connectivity index (χ2n) is 6.70. The first-order chi connectivity index (χ1) is 12.6. The first-order valence-electron chi connectivity index (χ1n) is 9.11. The molecule has 2 fully saturated rings. The quantitative estimate of drug-likeness (QED) is 0.884. The zero-order chi connectivity index (χ0) is 18.5. The molecular weight excluding hydrogens is 334 g/mol. The summed E-state index contributed by atoms with van der Waals surface area (Å²) in [4.78, 5) is 40.6. The van der Waals surface area contributed by atoms with E-state index in [-0.39, 0.29) is 18.4 Å². The van der Waals surface area contributed by atoms with Crippen molar-refractivity contribution in [2.75, 3.05) is 20.1 Å². The highest BCUT2D eigenvalue weighted by Gasteiger charge is 2.42. The molecule has 3 rings (SSSR count). The van der Waals surface area contributed by atoms with Gasteiger partial charge in [-0.2, -0.15) is 0 Å². The molecule has 0 bridgehead atoms. The molecule has 7 heteroatoms. The highest BCUT2D eigenvalue weighted by atomic mass is 16.6. The second kappa shape index (κ2) is 8.21. The number of hydrogen-bond donors (Lipinski definition) is 1. The monoisotopic (exact) mass is 359 g/mol. The van der Waals surface area contributed by atoms with Crippen LogP contribution < -0.4 is 5.32 Å². The molecule has 0 saturated carbocycles. The zero-order valence-electron chi connectivity index (χ0n) is 15.0. The van der Waals surface area contributed by atoms with Crippen LogP contribution in [0.4, 0.5) is 4.79 Å². The maximum absolute atomic E-state index is 13.0. The van der Waals surface area contributed by atoms with Crippen LogP contribution >= 0.6 is 0 Å². The Bertz CT molecular complexity index is 664. The van der Waals surface area contributed by atoms with Crippen molar-refractivity contribution in [3.8, 4) is 0 Å². The van der Waals surface area contributed by atoms with Crippen molar-refractivity contribution in [1.82, 2.24) is 15.1 Å². The summed E-state index contributed by atoms with van der Waals surface area (Å²) >= 11 is 0. The number of amides is 3. The van der Waals surface area contributed by atoms with E-state index in [4.69, 9.17) is 4.74 Å². The lowest BCUT2D eigenvalue weighted by molar-refractivity contribution is -0.141. The van der Waals surface area contributed by atoms with Gasteiger partial charge in [0.1, 0.15) is 18.7 Å². The predicted octanol–water partition coefficient (Wildman–Crippen LogP) is 1.52. The Morgan fingerprint density at radius 1 is 1.04 bits per heavy atom. The number of nitrogens with zero attached hydrogens (tertiary/aromatic N) is 2. The summed E-state index contributed by atoms with van der Waals surface area (Å²) in [6.45, 7) is 1.24. The summed E-state index contributed by atoms with van der Waals surface area (Å²) in [6.07, 6.45) is 2.36. The fourth-order valence-electron chi connectivity index (χ4n) is 3.71. The predicted molar refractivity (Wildman–Crippen MR) is 95.2 cm³/mol. The molecule has 0 aliphatic carbocycles. The van der Waals surface area contributed by atoms with E-state index >= 15 is 0 Å². The van der Waals surface area contributed by atoms with Gasteiger partial charge in [0.15, 0.2) is 0 Å². The van der Waals surface area contributed by atoms with Gasteiger partial charge < -0.3 is 15.0 Å². The molecule has 3 amide bonds. The first-order valence-corrected chi connectivity index (χ1v) is 9.11. The standard InChI is InChI=1S/C19H25N3O4/c1-20-17(23)15-9-5-11-21(15)18(24)16-10-6-12-22(16)19(25)26-13-14-7-3-2-4-8-14/h2-4,7-8,15-16H,5-6,9-13H2,1H3,(H,20,23)/t15-,16-/m0/s1. The van der Waals surface area contributed by atoms with Crippen LogP contribution in [0.2, 0.25) is 0 Å². The number of likely N-dealkylation sites (N-methyl/N-ethyl adjacent to an activating group) is 1. The molecule has 0 unspecified atom stereocenters. The van der Waals surface area contributed by atoms with Gasteiger partial charge in [0.05, 0.1) is 0 Å². The average molecular weight is 359 g/mol. The minimum Gasteiger partial charge on any atom is -0.445 e. The molecule has 2 saturated heterocycles. The maximum atomic E-state index is 13.0. The third-order valence-electron chi connectivity index (χ3n) is 5.06. The highest BCUT2D eigenvalue weighted by molar-refractivity contribution is 5.92. The summed E-state index contributed by atoms with van der Waals surface area (Å²) in [7, 11) is 1.58. The van der Waals surface area contributed by atoms with Gasteiger partial charge in [0.25, 0.3) is 0 Å². The van der Waals surface area contributed by atoms with Gasteiger partial charge in [-0.25, -0.2) is 4.79 Å². The molecule has 2 aliphatic heterocycles. The molecule has 0 aromatic heterocycles. The smallest absolute Gasteiger partial charge is 0.410 e. The van der Waals surface area contributed by atoms with E-state index < -0.39 is 18.2 Å². The largest absolute Gasteiger partial charge is 0.445 e. The number of rotatable bonds is 4. The summed E-state index contributed by atoms with van der Waals surface area (Å²) in [6, 6.07) is 8.48. The average Bonchev–Trinajstić information content (AvgIpc) is 3.35. The van der Waals surface area contributed by atoms with E-state index in [9.17, 15) is 14.4 Å². The zero-order valence-corrected chi connectivity index (χ0v) is 15.0. The number of carbonyl (C=O) groups is 3. The normalized spacial score (nSPS) is 22.3. The Morgan fingerprint density at radius 2 is 1.69 bits per heavy atom. The molecular formula is C19H25N3O4. The third kappa shape index (κ3) is 3.81. The van der Waals surface area contributed by atoms with E-state index in [0.29, 0.717) is 25.9 Å². The van der Waals surface area contributed by atoms with E-state index in [0.717, 1.165) is 18.4 Å². The van der Waals surface area contributed by atoms with Crippen LogP contribution in [0.25, 0.3) is 0 Å². The van der Waals surface area contributed by atoms with Crippen molar-refractivity contribution in [3.05, 3.63) is 35.9 Å². The van der Waals surface area contributed by atoms with Gasteiger partial charge >= 0.3 is 6.09 Å². The molecule has 26 heavy (non-hydrogen) atoms. The summed E-state index contributed by atoms with van der Waals surface area (Å²) in [5.74, 6) is -0.294. The topological polar surface area (TPSA) is 79.0 Å². The summed E-state index contributed by atoms with van der Waals surface area (Å²) in [5.41, 5.74) is 0.905. The lowest BCUT2D eigenvalue weighted by atomic mass is 10.1. The number of likely N-dealkylation sites (tertiary alicyclic amines) is 2. The van der Waals surface area contributed by atoms with Gasteiger partial charge in [0, 0.05) is 20.1 Å². The molecule has 1 aromatic carbocycles.